The van der Waals surface area contributed by atoms with E-state index < -0.39 is 23.5 Å². The van der Waals surface area contributed by atoms with Gasteiger partial charge in [-0.3, -0.25) is 0 Å². The minimum atomic E-state index is -1.07. The van der Waals surface area contributed by atoms with Gasteiger partial charge in [0.2, 0.25) is 0 Å². The Labute approximate surface area is 89.8 Å². The van der Waals surface area contributed by atoms with Gasteiger partial charge in [0.1, 0.15) is 6.04 Å². The molecular weight excluding hydrogens is 198 g/mol. The molecule has 0 saturated heterocycles. The summed E-state index contributed by atoms with van der Waals surface area (Å²) in [5.41, 5.74) is -0.554. The standard InChI is InChI=1S/C10H19NO4/c1-6(2)15-9(14)11-7(8(12)13)10(3,4)5/h6-7H,1-5H3,(H,11,14)(H,12,13)/t7-/m1/s1. The Hall–Kier alpha value is -1.26. The number of carboxylic acids is 1. The molecule has 0 aromatic heterocycles. The highest BCUT2D eigenvalue weighted by atomic mass is 16.6. The molecule has 0 spiro atoms. The number of carboxylic acid groups (broad SMARTS) is 1. The monoisotopic (exact) mass is 217 g/mol. The maximum absolute atomic E-state index is 11.2. The van der Waals surface area contributed by atoms with Crippen molar-refractivity contribution in [2.75, 3.05) is 0 Å². The first-order valence-electron chi connectivity index (χ1n) is 4.84. The highest BCUT2D eigenvalue weighted by Gasteiger charge is 2.33. The van der Waals surface area contributed by atoms with Gasteiger partial charge in [0.15, 0.2) is 0 Å². The molecule has 0 aliphatic carbocycles. The molecule has 5 heteroatoms. The quantitative estimate of drug-likeness (QED) is 0.753. The summed E-state index contributed by atoms with van der Waals surface area (Å²) < 4.78 is 4.81. The number of alkyl carbamates (subject to hydrolysis) is 1. The van der Waals surface area contributed by atoms with Gasteiger partial charge in [-0.05, 0) is 19.3 Å². The highest BCUT2D eigenvalue weighted by molar-refractivity contribution is 5.80. The lowest BCUT2D eigenvalue weighted by atomic mass is 9.87. The van der Waals surface area contributed by atoms with Gasteiger partial charge in [0, 0.05) is 0 Å². The van der Waals surface area contributed by atoms with Crippen molar-refractivity contribution in [3.8, 4) is 0 Å². The molecule has 0 saturated carbocycles. The molecule has 15 heavy (non-hydrogen) atoms. The molecule has 0 radical (unpaired) electrons. The maximum atomic E-state index is 11.2. The highest BCUT2D eigenvalue weighted by Crippen LogP contribution is 2.19. The minimum absolute atomic E-state index is 0.264. The number of ether oxygens (including phenoxy) is 1. The number of carbonyl (C=O) groups excluding carboxylic acids is 1. The van der Waals surface area contributed by atoms with E-state index in [1.807, 2.05) is 0 Å². The lowest BCUT2D eigenvalue weighted by Gasteiger charge is -2.27. The molecule has 0 heterocycles. The summed E-state index contributed by atoms with van der Waals surface area (Å²) in [5, 5.41) is 11.2. The van der Waals surface area contributed by atoms with Crippen molar-refractivity contribution >= 4 is 12.1 Å². The summed E-state index contributed by atoms with van der Waals surface area (Å²) >= 11 is 0. The number of hydrogen-bond donors (Lipinski definition) is 2. The molecular formula is C10H19NO4. The summed E-state index contributed by atoms with van der Waals surface area (Å²) in [7, 11) is 0. The molecule has 2 N–H and O–H groups in total. The molecule has 1 atom stereocenters. The summed E-state index contributed by atoms with van der Waals surface area (Å²) in [5.74, 6) is -1.07. The second-order valence-corrected chi connectivity index (χ2v) is 4.74. The fourth-order valence-electron chi connectivity index (χ4n) is 1.01. The van der Waals surface area contributed by atoms with Crippen LogP contribution < -0.4 is 5.32 Å². The van der Waals surface area contributed by atoms with Gasteiger partial charge in [-0.25, -0.2) is 9.59 Å². The largest absolute Gasteiger partial charge is 0.480 e. The topological polar surface area (TPSA) is 75.6 Å². The number of aliphatic carboxylic acids is 1. The van der Waals surface area contributed by atoms with Crippen LogP contribution in [0.3, 0.4) is 0 Å². The van der Waals surface area contributed by atoms with Crippen LogP contribution >= 0.6 is 0 Å². The Bertz CT molecular complexity index is 242. The molecule has 1 amide bonds. The van der Waals surface area contributed by atoms with Gasteiger partial charge in [-0.1, -0.05) is 20.8 Å². The Morgan fingerprint density at radius 3 is 2.00 bits per heavy atom. The predicted octanol–water partition coefficient (Wildman–Crippen LogP) is 1.62. The van der Waals surface area contributed by atoms with Crippen LogP contribution in [0.4, 0.5) is 4.79 Å². The Morgan fingerprint density at radius 2 is 1.73 bits per heavy atom. The van der Waals surface area contributed by atoms with Gasteiger partial charge in [-0.2, -0.15) is 0 Å². The lowest BCUT2D eigenvalue weighted by Crippen LogP contribution is -2.49. The van der Waals surface area contributed by atoms with Gasteiger partial charge in [-0.15, -0.1) is 0 Å². The van der Waals surface area contributed by atoms with Crippen LogP contribution in [0.1, 0.15) is 34.6 Å². The van der Waals surface area contributed by atoms with Gasteiger partial charge < -0.3 is 15.2 Å². The van der Waals surface area contributed by atoms with E-state index in [1.165, 1.54) is 0 Å². The molecule has 0 bridgehead atoms. The number of nitrogens with one attached hydrogen (secondary N) is 1. The summed E-state index contributed by atoms with van der Waals surface area (Å²) in [6, 6.07) is -0.955. The van der Waals surface area contributed by atoms with Gasteiger partial charge in [0.25, 0.3) is 0 Å². The van der Waals surface area contributed by atoms with Crippen molar-refractivity contribution in [3.63, 3.8) is 0 Å². The van der Waals surface area contributed by atoms with Crippen LogP contribution in [0, 0.1) is 5.41 Å². The van der Waals surface area contributed by atoms with E-state index in [0.717, 1.165) is 0 Å². The van der Waals surface area contributed by atoms with Crippen molar-refractivity contribution in [1.29, 1.82) is 0 Å². The Morgan fingerprint density at radius 1 is 1.27 bits per heavy atom. The predicted molar refractivity (Wildman–Crippen MR) is 55.6 cm³/mol. The van der Waals surface area contributed by atoms with Crippen LogP contribution in [-0.4, -0.2) is 29.3 Å². The van der Waals surface area contributed by atoms with E-state index in [1.54, 1.807) is 34.6 Å². The molecule has 0 unspecified atom stereocenters. The number of amides is 1. The van der Waals surface area contributed by atoms with E-state index in [0.29, 0.717) is 0 Å². The molecule has 0 aliphatic heterocycles. The first-order chi connectivity index (χ1) is 6.64. The van der Waals surface area contributed by atoms with Crippen LogP contribution in [0.25, 0.3) is 0 Å². The lowest BCUT2D eigenvalue weighted by molar-refractivity contribution is -0.142. The third kappa shape index (κ3) is 5.24. The van der Waals surface area contributed by atoms with Gasteiger partial charge >= 0.3 is 12.1 Å². The van der Waals surface area contributed by atoms with E-state index in [2.05, 4.69) is 5.32 Å². The van der Waals surface area contributed by atoms with E-state index in [-0.39, 0.29) is 6.10 Å². The van der Waals surface area contributed by atoms with Gasteiger partial charge in [0.05, 0.1) is 6.10 Å². The number of rotatable bonds is 3. The third-order valence-corrected chi connectivity index (χ3v) is 1.72. The van der Waals surface area contributed by atoms with Crippen molar-refractivity contribution in [2.24, 2.45) is 5.41 Å². The first-order valence-corrected chi connectivity index (χ1v) is 4.84. The fraction of sp³-hybridized carbons (Fsp3) is 0.800. The molecule has 0 aromatic carbocycles. The second-order valence-electron chi connectivity index (χ2n) is 4.74. The zero-order valence-corrected chi connectivity index (χ0v) is 9.83. The van der Waals surface area contributed by atoms with E-state index in [4.69, 9.17) is 9.84 Å². The Kier molecular flexibility index (Phi) is 4.58. The molecule has 5 nitrogen and oxygen atoms in total. The summed E-state index contributed by atoms with van der Waals surface area (Å²) in [6.45, 7) is 8.61. The molecule has 0 rings (SSSR count). The first kappa shape index (κ1) is 13.7. The Balaban J connectivity index is 4.44. The van der Waals surface area contributed by atoms with Crippen LogP contribution in [0.5, 0.6) is 0 Å². The average Bonchev–Trinajstić information content (AvgIpc) is 1.95. The molecule has 0 fully saturated rings. The molecule has 0 aromatic rings. The smallest absolute Gasteiger partial charge is 0.408 e. The fourth-order valence-corrected chi connectivity index (χ4v) is 1.01. The maximum Gasteiger partial charge on any atom is 0.408 e. The van der Waals surface area contributed by atoms with Crippen molar-refractivity contribution < 1.29 is 19.4 Å². The van der Waals surface area contributed by atoms with Crippen molar-refractivity contribution in [3.05, 3.63) is 0 Å². The molecule has 88 valence electrons. The summed E-state index contributed by atoms with van der Waals surface area (Å²) in [4.78, 5) is 22.1. The SMILES string of the molecule is CC(C)OC(=O)N[C@H](C(=O)O)C(C)(C)C. The van der Waals surface area contributed by atoms with Crippen LogP contribution in [0.15, 0.2) is 0 Å². The minimum Gasteiger partial charge on any atom is -0.480 e. The zero-order chi connectivity index (χ0) is 12.2. The number of carbonyl (C=O) groups is 2. The van der Waals surface area contributed by atoms with Crippen LogP contribution in [-0.2, 0) is 9.53 Å². The average molecular weight is 217 g/mol. The van der Waals surface area contributed by atoms with E-state index in [9.17, 15) is 9.59 Å². The zero-order valence-electron chi connectivity index (χ0n) is 9.83. The molecule has 0 aliphatic rings. The summed E-state index contributed by atoms with van der Waals surface area (Å²) in [6.07, 6.45) is -0.966. The van der Waals surface area contributed by atoms with Crippen molar-refractivity contribution in [2.45, 2.75) is 46.8 Å². The third-order valence-electron chi connectivity index (χ3n) is 1.72. The normalized spacial score (nSPS) is 13.5. The second kappa shape index (κ2) is 5.00. The van der Waals surface area contributed by atoms with Crippen LogP contribution in [0.2, 0.25) is 0 Å². The van der Waals surface area contributed by atoms with Crippen molar-refractivity contribution in [1.82, 2.24) is 5.32 Å². The van der Waals surface area contributed by atoms with E-state index >= 15 is 0 Å². The number of hydrogen-bond acceptors (Lipinski definition) is 3.